The number of carboxylic acid groups (broad SMARTS) is 1. The number of rotatable bonds is 4. The van der Waals surface area contributed by atoms with Gasteiger partial charge in [-0.15, -0.1) is 0 Å². The number of alkyl carbamates (subject to hydrolysis) is 1. The summed E-state index contributed by atoms with van der Waals surface area (Å²) in [6.45, 7) is 1.69. The molecule has 0 aliphatic carbocycles. The molecule has 0 aliphatic rings. The number of carbonyl (C=O) groups is 3. The van der Waals surface area contributed by atoms with Gasteiger partial charge in [0.2, 0.25) is 0 Å². The molecule has 6 nitrogen and oxygen atoms in total. The van der Waals surface area contributed by atoms with Crippen molar-refractivity contribution in [2.24, 2.45) is 0 Å². The highest BCUT2D eigenvalue weighted by Gasteiger charge is 2.18. The van der Waals surface area contributed by atoms with Crippen molar-refractivity contribution in [2.75, 3.05) is 6.61 Å². The number of hydrogen-bond donors (Lipinski definition) is 2. The molecule has 0 aromatic heterocycles. The third-order valence-corrected chi connectivity index (χ3v) is 0.951. The molecule has 0 heterocycles. The van der Waals surface area contributed by atoms with Crippen molar-refractivity contribution >= 4 is 18.3 Å². The highest BCUT2D eigenvalue weighted by molar-refractivity contribution is 5.94. The van der Waals surface area contributed by atoms with Gasteiger partial charge in [0.25, 0.3) is 0 Å². The Labute approximate surface area is 68.5 Å². The number of hydrogen-bond acceptors (Lipinski definition) is 4. The molecule has 0 aromatic carbocycles. The molecule has 1 unspecified atom stereocenters. The Balaban J connectivity index is 3.94. The maximum Gasteiger partial charge on any atom is 0.408 e. The first-order valence-corrected chi connectivity index (χ1v) is 3.23. The summed E-state index contributed by atoms with van der Waals surface area (Å²) >= 11 is 0. The minimum atomic E-state index is -1.54. The van der Waals surface area contributed by atoms with E-state index in [2.05, 4.69) is 4.74 Å². The molecular weight excluding hydrogens is 166 g/mol. The summed E-state index contributed by atoms with van der Waals surface area (Å²) in [5, 5.41) is 10.1. The number of amides is 1. The summed E-state index contributed by atoms with van der Waals surface area (Å²) in [5.41, 5.74) is 0. The van der Waals surface area contributed by atoms with Crippen LogP contribution in [0.5, 0.6) is 0 Å². The molecule has 6 heteroatoms. The Morgan fingerprint density at radius 1 is 1.67 bits per heavy atom. The summed E-state index contributed by atoms with van der Waals surface area (Å²) in [5.74, 6) is -1.42. The van der Waals surface area contributed by atoms with Crippen LogP contribution in [0.15, 0.2) is 0 Å². The summed E-state index contributed by atoms with van der Waals surface area (Å²) in [7, 11) is 0. The number of aldehydes is 1. The molecule has 0 bridgehead atoms. The third-order valence-electron chi connectivity index (χ3n) is 0.951. The van der Waals surface area contributed by atoms with Crippen molar-refractivity contribution < 1.29 is 24.2 Å². The van der Waals surface area contributed by atoms with Crippen LogP contribution in [0, 0.1) is 0 Å². The van der Waals surface area contributed by atoms with Gasteiger partial charge in [0.1, 0.15) is 0 Å². The van der Waals surface area contributed by atoms with Crippen molar-refractivity contribution in [3.8, 4) is 0 Å². The first kappa shape index (κ1) is 10.4. The second kappa shape index (κ2) is 5.11. The number of carboxylic acids is 1. The Hall–Kier alpha value is -1.59. The molecule has 12 heavy (non-hydrogen) atoms. The molecule has 1 atom stereocenters. The van der Waals surface area contributed by atoms with Gasteiger partial charge in [0.15, 0.2) is 12.3 Å². The van der Waals surface area contributed by atoms with Crippen LogP contribution in [0.4, 0.5) is 4.79 Å². The van der Waals surface area contributed by atoms with Crippen LogP contribution < -0.4 is 5.32 Å². The number of carbonyl (C=O) groups excluding carboxylic acids is 2. The van der Waals surface area contributed by atoms with Gasteiger partial charge in [-0.3, -0.25) is 0 Å². The van der Waals surface area contributed by atoms with Crippen LogP contribution in [-0.4, -0.2) is 36.1 Å². The fraction of sp³-hybridized carbons (Fsp3) is 0.500. The second-order valence-electron chi connectivity index (χ2n) is 1.82. The maximum absolute atomic E-state index is 10.6. The Morgan fingerprint density at radius 3 is 2.58 bits per heavy atom. The Bertz CT molecular complexity index is 190. The van der Waals surface area contributed by atoms with Crippen molar-refractivity contribution in [3.05, 3.63) is 0 Å². The van der Waals surface area contributed by atoms with E-state index in [4.69, 9.17) is 5.11 Å². The van der Waals surface area contributed by atoms with E-state index in [1.54, 1.807) is 6.92 Å². The molecule has 68 valence electrons. The monoisotopic (exact) mass is 175 g/mol. The highest BCUT2D eigenvalue weighted by Crippen LogP contribution is 1.82. The Morgan fingerprint density at radius 2 is 2.25 bits per heavy atom. The topological polar surface area (TPSA) is 92.7 Å². The fourth-order valence-electron chi connectivity index (χ4n) is 0.454. The standard InChI is InChI=1S/C6H9NO5/c1-2-12-6(11)7-4(3-8)5(9)10/h3-4H,2H2,1H3,(H,7,11)(H,9,10). The molecular formula is C6H9NO5. The predicted octanol–water partition coefficient (Wildman–Crippen LogP) is -0.615. The molecule has 0 spiro atoms. The van der Waals surface area contributed by atoms with E-state index in [0.29, 0.717) is 0 Å². The van der Waals surface area contributed by atoms with Crippen molar-refractivity contribution in [3.63, 3.8) is 0 Å². The lowest BCUT2D eigenvalue weighted by atomic mass is 10.3. The third kappa shape index (κ3) is 3.55. The SMILES string of the molecule is CCOC(=O)NC(C=O)C(=O)O. The van der Waals surface area contributed by atoms with E-state index in [9.17, 15) is 14.4 Å². The lowest BCUT2D eigenvalue weighted by Gasteiger charge is -2.06. The zero-order valence-corrected chi connectivity index (χ0v) is 6.44. The smallest absolute Gasteiger partial charge is 0.408 e. The second-order valence-corrected chi connectivity index (χ2v) is 1.82. The van der Waals surface area contributed by atoms with Crippen LogP contribution in [0.25, 0.3) is 0 Å². The molecule has 0 rings (SSSR count). The van der Waals surface area contributed by atoms with E-state index >= 15 is 0 Å². The molecule has 0 saturated carbocycles. The number of ether oxygens (including phenoxy) is 1. The van der Waals surface area contributed by atoms with Crippen LogP contribution in [-0.2, 0) is 14.3 Å². The summed E-state index contributed by atoms with van der Waals surface area (Å²) in [6, 6.07) is -1.54. The lowest BCUT2D eigenvalue weighted by Crippen LogP contribution is -2.42. The van der Waals surface area contributed by atoms with E-state index in [-0.39, 0.29) is 12.9 Å². The van der Waals surface area contributed by atoms with Gasteiger partial charge in [-0.1, -0.05) is 0 Å². The van der Waals surface area contributed by atoms with Gasteiger partial charge in [0.05, 0.1) is 6.61 Å². The van der Waals surface area contributed by atoms with Gasteiger partial charge < -0.3 is 20.0 Å². The molecule has 0 aromatic rings. The van der Waals surface area contributed by atoms with Gasteiger partial charge in [-0.2, -0.15) is 0 Å². The lowest BCUT2D eigenvalue weighted by molar-refractivity contribution is -0.140. The zero-order valence-electron chi connectivity index (χ0n) is 6.44. The summed E-state index contributed by atoms with van der Waals surface area (Å²) in [6.07, 6.45) is -0.809. The van der Waals surface area contributed by atoms with E-state index in [1.165, 1.54) is 0 Å². The molecule has 1 amide bonds. The quantitative estimate of drug-likeness (QED) is 0.439. The van der Waals surface area contributed by atoms with Crippen LogP contribution >= 0.6 is 0 Å². The minimum Gasteiger partial charge on any atom is -0.479 e. The summed E-state index contributed by atoms with van der Waals surface area (Å²) in [4.78, 5) is 30.8. The van der Waals surface area contributed by atoms with E-state index in [0.717, 1.165) is 0 Å². The van der Waals surface area contributed by atoms with E-state index < -0.39 is 18.1 Å². The molecule has 0 fully saturated rings. The minimum absolute atomic E-state index is 0.110. The van der Waals surface area contributed by atoms with Gasteiger partial charge in [-0.05, 0) is 6.92 Å². The molecule has 2 N–H and O–H groups in total. The number of aliphatic carboxylic acids is 1. The maximum atomic E-state index is 10.6. The van der Waals surface area contributed by atoms with Crippen LogP contribution in [0.2, 0.25) is 0 Å². The van der Waals surface area contributed by atoms with Crippen molar-refractivity contribution in [2.45, 2.75) is 13.0 Å². The van der Waals surface area contributed by atoms with E-state index in [1.807, 2.05) is 5.32 Å². The zero-order chi connectivity index (χ0) is 9.56. The first-order valence-electron chi connectivity index (χ1n) is 3.23. The summed E-state index contributed by atoms with van der Waals surface area (Å²) < 4.78 is 4.35. The van der Waals surface area contributed by atoms with Crippen molar-refractivity contribution in [1.29, 1.82) is 0 Å². The van der Waals surface area contributed by atoms with Crippen LogP contribution in [0.3, 0.4) is 0 Å². The fourth-order valence-corrected chi connectivity index (χ4v) is 0.454. The Kier molecular flexibility index (Phi) is 4.43. The van der Waals surface area contributed by atoms with Gasteiger partial charge in [0, 0.05) is 0 Å². The predicted molar refractivity (Wildman–Crippen MR) is 37.6 cm³/mol. The average molecular weight is 175 g/mol. The number of nitrogens with one attached hydrogen (secondary N) is 1. The van der Waals surface area contributed by atoms with Crippen LogP contribution in [0.1, 0.15) is 6.92 Å². The molecule has 0 saturated heterocycles. The highest BCUT2D eigenvalue weighted by atomic mass is 16.5. The van der Waals surface area contributed by atoms with Gasteiger partial charge in [-0.25, -0.2) is 9.59 Å². The molecule has 0 aliphatic heterocycles. The first-order chi connectivity index (χ1) is 5.61. The largest absolute Gasteiger partial charge is 0.479 e. The normalized spacial score (nSPS) is 11.4. The average Bonchev–Trinajstić information content (AvgIpc) is 2.00. The molecule has 0 radical (unpaired) electrons. The van der Waals surface area contributed by atoms with Gasteiger partial charge >= 0.3 is 12.1 Å². The van der Waals surface area contributed by atoms with Crippen molar-refractivity contribution in [1.82, 2.24) is 5.32 Å².